The number of piperazine rings is 1. The summed E-state index contributed by atoms with van der Waals surface area (Å²) in [4.78, 5) is 27.9. The lowest BCUT2D eigenvalue weighted by Gasteiger charge is -2.38. The first-order chi connectivity index (χ1) is 20.4. The minimum atomic E-state index is -4.51. The number of imidazole rings is 1. The number of aromatic amines is 1. The number of aromatic nitrogens is 5. The van der Waals surface area contributed by atoms with Crippen molar-refractivity contribution < 1.29 is 26.7 Å². The maximum atomic E-state index is 13.3. The Hall–Kier alpha value is -3.58. The third-order valence-corrected chi connectivity index (χ3v) is 8.57. The lowest BCUT2D eigenvalue weighted by atomic mass is 10.1. The number of carbonyl (C=O) groups is 1. The SMILES string of the molecule is CC(c1ccnc(Cc2nc3c(Cl)c(-c4cnn(CC5CC5(F)F)c4)ccc3[nH]2)c1)N1CCN(C(=O)CC(F)(F)F)CC1. The molecule has 6 rings (SSSR count). The molecule has 0 radical (unpaired) electrons. The molecule has 1 aromatic carbocycles. The van der Waals surface area contributed by atoms with Crippen LogP contribution in [0.1, 0.15) is 42.9 Å². The van der Waals surface area contributed by atoms with Crippen LogP contribution in [0.3, 0.4) is 0 Å². The number of alkyl halides is 5. The van der Waals surface area contributed by atoms with Crippen LogP contribution in [0.4, 0.5) is 22.0 Å². The highest BCUT2D eigenvalue weighted by atomic mass is 35.5. The Morgan fingerprint density at radius 2 is 1.93 bits per heavy atom. The zero-order valence-corrected chi connectivity index (χ0v) is 24.0. The van der Waals surface area contributed by atoms with Gasteiger partial charge in [-0.1, -0.05) is 17.7 Å². The molecule has 3 aromatic heterocycles. The monoisotopic (exact) mass is 621 g/mol. The Morgan fingerprint density at radius 3 is 2.63 bits per heavy atom. The van der Waals surface area contributed by atoms with Crippen molar-refractivity contribution >= 4 is 28.5 Å². The Labute approximate surface area is 248 Å². The van der Waals surface area contributed by atoms with Gasteiger partial charge in [-0.25, -0.2) is 13.8 Å². The molecule has 2 fully saturated rings. The van der Waals surface area contributed by atoms with E-state index in [0.717, 1.165) is 16.8 Å². The number of pyridine rings is 1. The third-order valence-electron chi connectivity index (χ3n) is 8.19. The van der Waals surface area contributed by atoms with E-state index in [1.807, 2.05) is 31.2 Å². The second-order valence-corrected chi connectivity index (χ2v) is 11.6. The number of hydrogen-bond acceptors (Lipinski definition) is 5. The highest BCUT2D eigenvalue weighted by Gasteiger charge is 2.56. The van der Waals surface area contributed by atoms with Gasteiger partial charge in [-0.15, -0.1) is 0 Å². The molecule has 4 aromatic rings. The number of hydrogen-bond donors (Lipinski definition) is 1. The van der Waals surface area contributed by atoms with Crippen LogP contribution in [0.2, 0.25) is 5.02 Å². The molecule has 2 aliphatic rings. The molecule has 228 valence electrons. The van der Waals surface area contributed by atoms with Gasteiger partial charge >= 0.3 is 6.18 Å². The van der Waals surface area contributed by atoms with Gasteiger partial charge in [0, 0.05) is 86.7 Å². The van der Waals surface area contributed by atoms with Gasteiger partial charge in [0.05, 0.1) is 16.7 Å². The number of amides is 1. The van der Waals surface area contributed by atoms with Gasteiger partial charge < -0.3 is 9.88 Å². The van der Waals surface area contributed by atoms with Crippen molar-refractivity contribution in [3.05, 3.63) is 65.0 Å². The number of rotatable bonds is 8. The normalized spacial score (nSPS) is 19.6. The van der Waals surface area contributed by atoms with Crippen LogP contribution in [0.25, 0.3) is 22.2 Å². The fraction of sp³-hybridized carbons (Fsp3) is 0.448. The molecule has 1 saturated heterocycles. The molecule has 2 atom stereocenters. The van der Waals surface area contributed by atoms with E-state index in [1.165, 1.54) is 9.58 Å². The molecule has 2 unspecified atom stereocenters. The predicted molar refractivity (Wildman–Crippen MR) is 150 cm³/mol. The molecule has 1 N–H and O–H groups in total. The maximum Gasteiger partial charge on any atom is 0.397 e. The van der Waals surface area contributed by atoms with Crippen molar-refractivity contribution in [2.45, 2.75) is 50.9 Å². The number of fused-ring (bicyclic) bond motifs is 1. The van der Waals surface area contributed by atoms with Crippen LogP contribution in [-0.4, -0.2) is 78.7 Å². The molecule has 4 heterocycles. The van der Waals surface area contributed by atoms with Crippen LogP contribution in [-0.2, 0) is 17.8 Å². The van der Waals surface area contributed by atoms with Crippen molar-refractivity contribution in [2.24, 2.45) is 5.92 Å². The fourth-order valence-corrected chi connectivity index (χ4v) is 5.89. The minimum absolute atomic E-state index is 0.0265. The van der Waals surface area contributed by atoms with Crippen LogP contribution in [0, 0.1) is 5.92 Å². The maximum absolute atomic E-state index is 13.3. The van der Waals surface area contributed by atoms with Gasteiger partial charge in [-0.05, 0) is 30.7 Å². The fourth-order valence-electron chi connectivity index (χ4n) is 5.57. The minimum Gasteiger partial charge on any atom is -0.342 e. The number of nitrogens with one attached hydrogen (secondary N) is 1. The first-order valence-corrected chi connectivity index (χ1v) is 14.4. The zero-order chi connectivity index (χ0) is 30.5. The van der Waals surface area contributed by atoms with Crippen molar-refractivity contribution in [2.75, 3.05) is 26.2 Å². The first-order valence-electron chi connectivity index (χ1n) is 14.0. The van der Waals surface area contributed by atoms with E-state index in [2.05, 4.69) is 20.0 Å². The van der Waals surface area contributed by atoms with Crippen LogP contribution in [0.15, 0.2) is 42.9 Å². The smallest absolute Gasteiger partial charge is 0.342 e. The lowest BCUT2D eigenvalue weighted by Crippen LogP contribution is -2.50. The second-order valence-electron chi connectivity index (χ2n) is 11.3. The summed E-state index contributed by atoms with van der Waals surface area (Å²) >= 11 is 6.74. The van der Waals surface area contributed by atoms with E-state index in [9.17, 15) is 26.7 Å². The quantitative estimate of drug-likeness (QED) is 0.249. The topological polar surface area (TPSA) is 82.9 Å². The van der Waals surface area contributed by atoms with Gasteiger partial charge in [0.25, 0.3) is 5.92 Å². The molecule has 8 nitrogen and oxygen atoms in total. The highest BCUT2D eigenvalue weighted by molar-refractivity contribution is 6.37. The molecular weight excluding hydrogens is 593 g/mol. The summed E-state index contributed by atoms with van der Waals surface area (Å²) in [5.41, 5.74) is 4.52. The highest BCUT2D eigenvalue weighted by Crippen LogP contribution is 2.49. The average molecular weight is 622 g/mol. The summed E-state index contributed by atoms with van der Waals surface area (Å²) in [5.74, 6) is -3.52. The second kappa shape index (κ2) is 11.2. The van der Waals surface area contributed by atoms with Crippen molar-refractivity contribution in [1.29, 1.82) is 0 Å². The summed E-state index contributed by atoms with van der Waals surface area (Å²) in [6.07, 6.45) is -0.605. The molecule has 1 aliphatic heterocycles. The van der Waals surface area contributed by atoms with Gasteiger partial charge in [0.15, 0.2) is 0 Å². The molecule has 0 spiro atoms. The molecular formula is C29H29ClF5N7O. The van der Waals surface area contributed by atoms with Gasteiger partial charge in [-0.2, -0.15) is 18.3 Å². The van der Waals surface area contributed by atoms with Crippen LogP contribution < -0.4 is 0 Å². The van der Waals surface area contributed by atoms with E-state index < -0.39 is 30.3 Å². The first kappa shape index (κ1) is 29.5. The summed E-state index contributed by atoms with van der Waals surface area (Å²) in [7, 11) is 0. The van der Waals surface area contributed by atoms with Gasteiger partial charge in [0.1, 0.15) is 17.8 Å². The van der Waals surface area contributed by atoms with E-state index >= 15 is 0 Å². The molecule has 14 heteroatoms. The Kier molecular flexibility index (Phi) is 7.66. The number of nitrogens with zero attached hydrogens (tertiary/aromatic N) is 6. The number of carbonyl (C=O) groups excluding carboxylic acids is 1. The molecule has 1 aliphatic carbocycles. The summed E-state index contributed by atoms with van der Waals surface area (Å²) in [6, 6.07) is 7.56. The van der Waals surface area contributed by atoms with Gasteiger partial charge in [-0.3, -0.25) is 19.4 Å². The molecule has 0 bridgehead atoms. The Morgan fingerprint density at radius 1 is 1.19 bits per heavy atom. The molecule has 1 saturated carbocycles. The van der Waals surface area contributed by atoms with Gasteiger partial charge in [0.2, 0.25) is 5.91 Å². The summed E-state index contributed by atoms with van der Waals surface area (Å²) in [6.45, 7) is 3.61. The predicted octanol–water partition coefficient (Wildman–Crippen LogP) is 5.88. The summed E-state index contributed by atoms with van der Waals surface area (Å²) in [5, 5.41) is 4.66. The van der Waals surface area contributed by atoms with E-state index in [-0.39, 0.29) is 32.1 Å². The van der Waals surface area contributed by atoms with Crippen LogP contribution >= 0.6 is 11.6 Å². The van der Waals surface area contributed by atoms with E-state index in [1.54, 1.807) is 18.6 Å². The van der Waals surface area contributed by atoms with Crippen LogP contribution in [0.5, 0.6) is 0 Å². The number of halogens is 6. The van der Waals surface area contributed by atoms with Crippen molar-refractivity contribution in [3.8, 4) is 11.1 Å². The van der Waals surface area contributed by atoms with Crippen molar-refractivity contribution in [1.82, 2.24) is 34.5 Å². The average Bonchev–Trinajstić information content (AvgIpc) is 3.28. The van der Waals surface area contributed by atoms with E-state index in [0.29, 0.717) is 47.0 Å². The summed E-state index contributed by atoms with van der Waals surface area (Å²) < 4.78 is 66.0. The Balaban J connectivity index is 1.11. The zero-order valence-electron chi connectivity index (χ0n) is 23.2. The third kappa shape index (κ3) is 6.52. The van der Waals surface area contributed by atoms with E-state index in [4.69, 9.17) is 16.6 Å². The number of H-pyrrole nitrogens is 1. The molecule has 43 heavy (non-hydrogen) atoms. The standard InChI is InChI=1S/C29H29ClF5N7O/c1-17(40-6-8-41(9-7-40)25(43)13-29(33,34)35)18-4-5-36-21(10-18)11-24-38-23-3-2-22(26(30)27(23)39-24)19-14-37-42(15-19)16-20-12-28(20,31)32/h2-5,10,14-15,17,20H,6-9,11-13,16H2,1H3,(H,38,39). The lowest BCUT2D eigenvalue weighted by molar-refractivity contribution is -0.162. The largest absolute Gasteiger partial charge is 0.397 e. The molecule has 1 amide bonds. The Bertz CT molecular complexity index is 1640. The van der Waals surface area contributed by atoms with Crippen molar-refractivity contribution in [3.63, 3.8) is 0 Å². The number of benzene rings is 1.